The fraction of sp³-hybridized carbons (Fsp3) is 0.571. The molecule has 3 rings (SSSR count). The summed E-state index contributed by atoms with van der Waals surface area (Å²) >= 11 is 5.59. The first-order chi connectivity index (χ1) is 10.5. The molecule has 1 N–H and O–H groups in total. The van der Waals surface area contributed by atoms with Crippen molar-refractivity contribution in [1.29, 1.82) is 5.26 Å². The van der Waals surface area contributed by atoms with Gasteiger partial charge >= 0.3 is 5.37 Å². The van der Waals surface area contributed by atoms with Crippen LogP contribution in [0.5, 0.6) is 0 Å². The molecule has 0 aliphatic carbocycles. The lowest BCUT2D eigenvalue weighted by atomic mass is 9.97. The molecular weight excluding hydrogens is 306 g/mol. The van der Waals surface area contributed by atoms with Crippen molar-refractivity contribution in [2.75, 3.05) is 18.5 Å². The molecule has 3 heterocycles. The second kappa shape index (κ2) is 5.71. The molecule has 1 aromatic heterocycles. The Labute approximate surface area is 133 Å². The number of halogens is 1. The molecule has 1 amide bonds. The minimum Gasteiger partial charge on any atom is -0.381 e. The Morgan fingerprint density at radius 1 is 1.59 bits per heavy atom. The number of fused-ring (bicyclic) bond motifs is 1. The van der Waals surface area contributed by atoms with Crippen LogP contribution in [-0.4, -0.2) is 39.5 Å². The molecule has 0 aromatic carbocycles. The van der Waals surface area contributed by atoms with Crippen LogP contribution >= 0.6 is 11.6 Å². The van der Waals surface area contributed by atoms with E-state index in [9.17, 15) is 10.1 Å². The van der Waals surface area contributed by atoms with Gasteiger partial charge in [0.1, 0.15) is 0 Å². The summed E-state index contributed by atoms with van der Waals surface area (Å²) in [7, 11) is 0. The molecule has 0 bridgehead atoms. The predicted molar refractivity (Wildman–Crippen MR) is 79.3 cm³/mol. The highest BCUT2D eigenvalue weighted by Crippen LogP contribution is 2.38. The molecule has 1 fully saturated rings. The van der Waals surface area contributed by atoms with Crippen molar-refractivity contribution >= 4 is 22.9 Å². The number of hydrogen-bond donors (Lipinski definition) is 1. The Hall–Kier alpha value is -1.91. The maximum atomic E-state index is 11.6. The van der Waals surface area contributed by atoms with Gasteiger partial charge in [-0.25, -0.2) is 9.97 Å². The molecule has 2 aliphatic rings. The Morgan fingerprint density at radius 3 is 2.95 bits per heavy atom. The largest absolute Gasteiger partial charge is 0.381 e. The van der Waals surface area contributed by atoms with Crippen molar-refractivity contribution in [1.82, 2.24) is 14.9 Å². The molecule has 116 valence electrons. The first-order valence-corrected chi connectivity index (χ1v) is 7.51. The minimum absolute atomic E-state index is 0.215. The zero-order chi connectivity index (χ0) is 15.7. The lowest BCUT2D eigenvalue weighted by molar-refractivity contribution is 0.0903. The van der Waals surface area contributed by atoms with Crippen LogP contribution in [0.15, 0.2) is 6.20 Å². The number of rotatable bonds is 2. The van der Waals surface area contributed by atoms with Gasteiger partial charge < -0.3 is 15.0 Å². The molecule has 0 saturated carbocycles. The third kappa shape index (κ3) is 2.49. The van der Waals surface area contributed by atoms with Crippen molar-refractivity contribution in [2.24, 2.45) is 0 Å². The summed E-state index contributed by atoms with van der Waals surface area (Å²) in [5, 5.41) is 12.0. The number of aromatic nitrogens is 2. The molecule has 0 spiro atoms. The van der Waals surface area contributed by atoms with Crippen LogP contribution in [-0.2, 0) is 16.8 Å². The van der Waals surface area contributed by atoms with E-state index >= 15 is 0 Å². The van der Waals surface area contributed by atoms with E-state index in [2.05, 4.69) is 21.4 Å². The maximum Gasteiger partial charge on any atom is 0.318 e. The van der Waals surface area contributed by atoms with Crippen LogP contribution in [0.4, 0.5) is 10.7 Å². The number of ether oxygens (including phenoxy) is 1. The molecule has 1 aromatic rings. The average molecular weight is 322 g/mol. The summed E-state index contributed by atoms with van der Waals surface area (Å²) in [5.74, 6) is 0.509. The molecule has 22 heavy (non-hydrogen) atoms. The van der Waals surface area contributed by atoms with Gasteiger partial charge in [0.25, 0.3) is 0 Å². The number of carbonyl (C=O) groups excluding carboxylic acids is 1. The van der Waals surface area contributed by atoms with Gasteiger partial charge in [0.05, 0.1) is 18.3 Å². The van der Waals surface area contributed by atoms with Gasteiger partial charge in [-0.2, -0.15) is 5.26 Å². The minimum atomic E-state index is -1.12. The lowest BCUT2D eigenvalue weighted by Gasteiger charge is -2.26. The molecular formula is C14H16ClN5O2. The second-order valence-corrected chi connectivity index (χ2v) is 5.93. The number of nitrogens with zero attached hydrogens (tertiary/aromatic N) is 4. The zero-order valence-corrected chi connectivity index (χ0v) is 12.9. The van der Waals surface area contributed by atoms with Gasteiger partial charge in [-0.05, 0) is 31.4 Å². The lowest BCUT2D eigenvalue weighted by Crippen LogP contribution is -2.38. The number of carbonyl (C=O) groups is 1. The van der Waals surface area contributed by atoms with E-state index in [-0.39, 0.29) is 12.6 Å². The Bertz CT molecular complexity index is 641. The summed E-state index contributed by atoms with van der Waals surface area (Å²) in [4.78, 5) is 21.6. The van der Waals surface area contributed by atoms with E-state index in [1.54, 1.807) is 13.1 Å². The normalized spacial score (nSPS) is 24.7. The Balaban J connectivity index is 1.85. The molecule has 1 unspecified atom stereocenters. The third-order valence-corrected chi connectivity index (χ3v) is 4.43. The number of anilines is 1. The average Bonchev–Trinajstić information content (AvgIpc) is 2.82. The van der Waals surface area contributed by atoms with Crippen LogP contribution in [0.25, 0.3) is 0 Å². The van der Waals surface area contributed by atoms with Gasteiger partial charge in [0, 0.05) is 31.0 Å². The zero-order valence-electron chi connectivity index (χ0n) is 12.2. The predicted octanol–water partition coefficient (Wildman–Crippen LogP) is 1.98. The van der Waals surface area contributed by atoms with Crippen LogP contribution in [0.3, 0.4) is 0 Å². The third-order valence-electron chi connectivity index (χ3n) is 4.22. The van der Waals surface area contributed by atoms with Crippen molar-refractivity contribution in [3.8, 4) is 6.07 Å². The summed E-state index contributed by atoms with van der Waals surface area (Å²) in [6.45, 7) is 3.31. The van der Waals surface area contributed by atoms with E-state index in [1.807, 2.05) is 0 Å². The van der Waals surface area contributed by atoms with E-state index in [1.165, 1.54) is 4.90 Å². The highest BCUT2D eigenvalue weighted by molar-refractivity contribution is 6.62. The van der Waals surface area contributed by atoms with E-state index < -0.39 is 10.9 Å². The fourth-order valence-electron chi connectivity index (χ4n) is 2.85. The monoisotopic (exact) mass is 321 g/mol. The molecule has 1 saturated heterocycles. The molecule has 2 aliphatic heterocycles. The summed E-state index contributed by atoms with van der Waals surface area (Å²) < 4.78 is 5.32. The first-order valence-electron chi connectivity index (χ1n) is 7.13. The van der Waals surface area contributed by atoms with E-state index in [4.69, 9.17) is 16.3 Å². The van der Waals surface area contributed by atoms with E-state index in [0.29, 0.717) is 17.2 Å². The van der Waals surface area contributed by atoms with Gasteiger partial charge in [-0.1, -0.05) is 0 Å². The Morgan fingerprint density at radius 2 is 2.32 bits per heavy atom. The van der Waals surface area contributed by atoms with Crippen LogP contribution in [0.1, 0.15) is 31.0 Å². The van der Waals surface area contributed by atoms with Crippen molar-refractivity contribution in [3.05, 3.63) is 17.5 Å². The van der Waals surface area contributed by atoms with E-state index in [0.717, 1.165) is 26.1 Å². The second-order valence-electron chi connectivity index (χ2n) is 5.61. The van der Waals surface area contributed by atoms with Crippen molar-refractivity contribution < 1.29 is 9.53 Å². The SMILES string of the molecule is CC1(C#N)c2cnc(NC3CCOCC3)nc2CN1C(=O)Cl. The van der Waals surface area contributed by atoms with Gasteiger partial charge in [-0.15, -0.1) is 0 Å². The number of amides is 1. The van der Waals surface area contributed by atoms with Crippen molar-refractivity contribution in [3.63, 3.8) is 0 Å². The standard InChI is InChI=1S/C14H16ClN5O2/c1-14(8-16)10-6-17-13(18-9-2-4-22-5-3-9)19-11(10)7-20(14)12(15)21/h6,9H,2-5,7H2,1H3,(H,17,18,19). The smallest absolute Gasteiger partial charge is 0.318 e. The quantitative estimate of drug-likeness (QED) is 0.661. The number of nitrogens with one attached hydrogen (secondary N) is 1. The summed E-state index contributed by atoms with van der Waals surface area (Å²) in [6.07, 6.45) is 3.42. The van der Waals surface area contributed by atoms with Gasteiger partial charge in [0.15, 0.2) is 5.54 Å². The summed E-state index contributed by atoms with van der Waals surface area (Å²) in [6, 6.07) is 2.41. The number of hydrogen-bond acceptors (Lipinski definition) is 6. The topological polar surface area (TPSA) is 91.1 Å². The molecule has 8 heteroatoms. The van der Waals surface area contributed by atoms with Gasteiger partial charge in [-0.3, -0.25) is 4.79 Å². The van der Waals surface area contributed by atoms with Crippen LogP contribution < -0.4 is 5.32 Å². The molecule has 7 nitrogen and oxygen atoms in total. The Kier molecular flexibility index (Phi) is 3.89. The maximum absolute atomic E-state index is 11.6. The molecule has 1 atom stereocenters. The molecule has 0 radical (unpaired) electrons. The summed E-state index contributed by atoms with van der Waals surface area (Å²) in [5.41, 5.74) is 0.162. The first kappa shape index (κ1) is 15.0. The van der Waals surface area contributed by atoms with Gasteiger partial charge in [0.2, 0.25) is 5.95 Å². The fourth-order valence-corrected chi connectivity index (χ4v) is 3.08. The number of nitriles is 1. The highest BCUT2D eigenvalue weighted by Gasteiger charge is 2.45. The van der Waals surface area contributed by atoms with Crippen LogP contribution in [0.2, 0.25) is 0 Å². The van der Waals surface area contributed by atoms with Crippen molar-refractivity contribution in [2.45, 2.75) is 37.9 Å². The van der Waals surface area contributed by atoms with Crippen LogP contribution in [0, 0.1) is 11.3 Å². The highest BCUT2D eigenvalue weighted by atomic mass is 35.5.